The molecule has 1 amide bonds. The Labute approximate surface area is 222 Å². The molecule has 38 heavy (non-hydrogen) atoms. The minimum atomic E-state index is -1.03. The minimum Gasteiger partial charge on any atom is -0.480 e. The maximum atomic E-state index is 12.0. The predicted octanol–water partition coefficient (Wildman–Crippen LogP) is 2.40. The average molecular weight is 520 g/mol. The fourth-order valence-corrected chi connectivity index (χ4v) is 4.09. The van der Waals surface area contributed by atoms with Gasteiger partial charge in [-0.3, -0.25) is 4.90 Å². The van der Waals surface area contributed by atoms with Crippen LogP contribution in [0, 0.1) is 0 Å². The van der Waals surface area contributed by atoms with Gasteiger partial charge in [-0.15, -0.1) is 0 Å². The zero-order valence-corrected chi connectivity index (χ0v) is 21.7. The molecule has 0 bridgehead atoms. The lowest BCUT2D eigenvalue weighted by molar-refractivity contribution is -0.137. The highest BCUT2D eigenvalue weighted by atomic mass is 16.6. The molecule has 1 aliphatic heterocycles. The van der Waals surface area contributed by atoms with Gasteiger partial charge < -0.3 is 25.0 Å². The smallest absolute Gasteiger partial charge is 0.414 e. The fourth-order valence-electron chi connectivity index (χ4n) is 4.09. The molecule has 0 saturated carbocycles. The Morgan fingerprint density at radius 1 is 1.00 bits per heavy atom. The van der Waals surface area contributed by atoms with Crippen LogP contribution in [0.3, 0.4) is 0 Å². The fraction of sp³-hybridized carbons (Fsp3) is 0.370. The number of nitrogens with zero attached hydrogens (tertiary/aromatic N) is 6. The molecular weight excluding hydrogens is 486 g/mol. The van der Waals surface area contributed by atoms with Crippen LogP contribution in [0.1, 0.15) is 11.1 Å². The monoisotopic (exact) mass is 519 g/mol. The second-order valence-electron chi connectivity index (χ2n) is 9.32. The van der Waals surface area contributed by atoms with Crippen LogP contribution < -0.4 is 15.0 Å². The second-order valence-corrected chi connectivity index (χ2v) is 9.32. The van der Waals surface area contributed by atoms with Crippen molar-refractivity contribution in [1.29, 1.82) is 0 Å². The molecule has 0 unspecified atom stereocenters. The van der Waals surface area contributed by atoms with Crippen molar-refractivity contribution in [3.05, 3.63) is 72.1 Å². The summed E-state index contributed by atoms with van der Waals surface area (Å²) in [5, 5.41) is 12.7. The third kappa shape index (κ3) is 7.62. The molecule has 1 saturated heterocycles. The SMILES string of the molecule is CN(C)C(=O)Oc1ccc(C[C@H](Nc2ncnc(N3CCN(CCc4ccccc4)CC3)n2)C(=O)O)cc1. The highest BCUT2D eigenvalue weighted by molar-refractivity contribution is 5.77. The van der Waals surface area contributed by atoms with Crippen LogP contribution in [0.5, 0.6) is 5.75 Å². The summed E-state index contributed by atoms with van der Waals surface area (Å²) in [5.41, 5.74) is 2.09. The number of nitrogens with one attached hydrogen (secondary N) is 1. The molecule has 1 aromatic heterocycles. The Morgan fingerprint density at radius 3 is 2.37 bits per heavy atom. The quantitative estimate of drug-likeness (QED) is 0.413. The van der Waals surface area contributed by atoms with E-state index in [1.54, 1.807) is 38.4 Å². The van der Waals surface area contributed by atoms with E-state index in [-0.39, 0.29) is 12.4 Å². The zero-order chi connectivity index (χ0) is 26.9. The Morgan fingerprint density at radius 2 is 1.71 bits per heavy atom. The van der Waals surface area contributed by atoms with Crippen LogP contribution in [-0.4, -0.2) is 94.8 Å². The van der Waals surface area contributed by atoms with E-state index in [2.05, 4.69) is 54.3 Å². The van der Waals surface area contributed by atoms with Crippen molar-refractivity contribution in [3.8, 4) is 5.75 Å². The summed E-state index contributed by atoms with van der Waals surface area (Å²) < 4.78 is 5.21. The molecule has 11 heteroatoms. The molecular formula is C27H33N7O4. The second kappa shape index (κ2) is 12.8. The van der Waals surface area contributed by atoms with Crippen molar-refractivity contribution in [2.75, 3.05) is 57.0 Å². The number of hydrogen-bond acceptors (Lipinski definition) is 9. The molecule has 2 heterocycles. The maximum Gasteiger partial charge on any atom is 0.414 e. The molecule has 11 nitrogen and oxygen atoms in total. The molecule has 0 radical (unpaired) electrons. The first kappa shape index (κ1) is 26.8. The van der Waals surface area contributed by atoms with E-state index in [4.69, 9.17) is 4.74 Å². The van der Waals surface area contributed by atoms with Crippen LogP contribution in [0.4, 0.5) is 16.7 Å². The van der Waals surface area contributed by atoms with Crippen LogP contribution in [0.25, 0.3) is 0 Å². The topological polar surface area (TPSA) is 124 Å². The van der Waals surface area contributed by atoms with Gasteiger partial charge in [-0.25, -0.2) is 19.6 Å². The van der Waals surface area contributed by atoms with Gasteiger partial charge in [0, 0.05) is 53.2 Å². The third-order valence-corrected chi connectivity index (χ3v) is 6.31. The van der Waals surface area contributed by atoms with E-state index in [0.717, 1.165) is 44.7 Å². The Kier molecular flexibility index (Phi) is 9.04. The number of rotatable bonds is 10. The number of carboxylic acid groups (broad SMARTS) is 1. The van der Waals surface area contributed by atoms with Gasteiger partial charge in [-0.05, 0) is 29.7 Å². The summed E-state index contributed by atoms with van der Waals surface area (Å²) in [6.45, 7) is 4.37. The highest BCUT2D eigenvalue weighted by Gasteiger charge is 2.22. The lowest BCUT2D eigenvalue weighted by Crippen LogP contribution is -2.47. The van der Waals surface area contributed by atoms with Gasteiger partial charge in [0.15, 0.2) is 0 Å². The van der Waals surface area contributed by atoms with E-state index >= 15 is 0 Å². The van der Waals surface area contributed by atoms with Crippen LogP contribution >= 0.6 is 0 Å². The first-order chi connectivity index (χ1) is 18.4. The van der Waals surface area contributed by atoms with Gasteiger partial charge in [0.2, 0.25) is 11.9 Å². The molecule has 1 fully saturated rings. The molecule has 0 spiro atoms. The van der Waals surface area contributed by atoms with E-state index in [1.165, 1.54) is 16.8 Å². The summed E-state index contributed by atoms with van der Waals surface area (Å²) in [6, 6.07) is 16.2. The number of piperazine rings is 1. The van der Waals surface area contributed by atoms with Crippen molar-refractivity contribution in [2.24, 2.45) is 0 Å². The number of hydrogen-bond donors (Lipinski definition) is 2. The Hall–Kier alpha value is -4.25. The Bertz CT molecular complexity index is 1200. The van der Waals surface area contributed by atoms with Crippen LogP contribution in [0.15, 0.2) is 60.9 Å². The number of carbonyl (C=O) groups is 2. The molecule has 1 atom stereocenters. The van der Waals surface area contributed by atoms with Crippen molar-refractivity contribution in [3.63, 3.8) is 0 Å². The summed E-state index contributed by atoms with van der Waals surface area (Å²) >= 11 is 0. The van der Waals surface area contributed by atoms with Crippen molar-refractivity contribution in [2.45, 2.75) is 18.9 Å². The van der Waals surface area contributed by atoms with Crippen LogP contribution in [-0.2, 0) is 17.6 Å². The lowest BCUT2D eigenvalue weighted by atomic mass is 10.1. The standard InChI is InChI=1S/C27H33N7O4/c1-32(2)27(37)38-22-10-8-21(9-11-22)18-23(24(35)36)30-25-28-19-29-26(31-25)34-16-14-33(15-17-34)13-12-20-6-4-3-5-7-20/h3-11,19,23H,12-18H2,1-2H3,(H,35,36)(H,28,29,30,31)/t23-/m0/s1. The van der Waals surface area contributed by atoms with Crippen LogP contribution in [0.2, 0.25) is 0 Å². The lowest BCUT2D eigenvalue weighted by Gasteiger charge is -2.34. The highest BCUT2D eigenvalue weighted by Crippen LogP contribution is 2.17. The number of carboxylic acids is 1. The Balaban J connectivity index is 1.31. The molecule has 3 aromatic rings. The first-order valence-corrected chi connectivity index (χ1v) is 12.5. The molecule has 0 aliphatic carbocycles. The van der Waals surface area contributed by atoms with Gasteiger partial charge in [-0.1, -0.05) is 42.5 Å². The third-order valence-electron chi connectivity index (χ3n) is 6.31. The van der Waals surface area contributed by atoms with E-state index in [1.807, 2.05) is 6.07 Å². The maximum absolute atomic E-state index is 12.0. The number of amides is 1. The van der Waals surface area contributed by atoms with Crippen molar-refractivity contribution in [1.82, 2.24) is 24.8 Å². The van der Waals surface area contributed by atoms with Crippen molar-refractivity contribution >= 4 is 24.0 Å². The van der Waals surface area contributed by atoms with E-state index in [9.17, 15) is 14.7 Å². The number of benzene rings is 2. The van der Waals surface area contributed by atoms with Gasteiger partial charge in [-0.2, -0.15) is 4.98 Å². The largest absolute Gasteiger partial charge is 0.480 e. The minimum absolute atomic E-state index is 0.193. The van der Waals surface area contributed by atoms with Gasteiger partial charge in [0.1, 0.15) is 18.1 Å². The number of anilines is 2. The number of aromatic nitrogens is 3. The average Bonchev–Trinajstić information content (AvgIpc) is 2.93. The zero-order valence-electron chi connectivity index (χ0n) is 21.7. The number of carbonyl (C=O) groups excluding carboxylic acids is 1. The summed E-state index contributed by atoms with van der Waals surface area (Å²) in [6.07, 6.45) is 2.13. The van der Waals surface area contributed by atoms with Gasteiger partial charge in [0.05, 0.1) is 0 Å². The molecule has 4 rings (SSSR count). The summed E-state index contributed by atoms with van der Waals surface area (Å²) in [7, 11) is 3.19. The van der Waals surface area contributed by atoms with Gasteiger partial charge in [0.25, 0.3) is 0 Å². The molecule has 2 aromatic carbocycles. The summed E-state index contributed by atoms with van der Waals surface area (Å²) in [4.78, 5) is 42.5. The normalized spacial score (nSPS) is 14.5. The molecule has 1 aliphatic rings. The summed E-state index contributed by atoms with van der Waals surface area (Å²) in [5.74, 6) is 0.100. The molecule has 200 valence electrons. The van der Waals surface area contributed by atoms with E-state index < -0.39 is 18.1 Å². The van der Waals surface area contributed by atoms with Crippen molar-refractivity contribution < 1.29 is 19.4 Å². The first-order valence-electron chi connectivity index (χ1n) is 12.5. The number of ether oxygens (including phenoxy) is 1. The number of aliphatic carboxylic acids is 1. The molecule has 2 N–H and O–H groups in total. The van der Waals surface area contributed by atoms with Gasteiger partial charge >= 0.3 is 12.1 Å². The van der Waals surface area contributed by atoms with E-state index in [0.29, 0.717) is 11.7 Å². The predicted molar refractivity (Wildman–Crippen MR) is 144 cm³/mol.